The summed E-state index contributed by atoms with van der Waals surface area (Å²) in [5.41, 5.74) is 6.52. The van der Waals surface area contributed by atoms with E-state index in [0.717, 1.165) is 11.4 Å². The minimum absolute atomic E-state index is 0.0106. The van der Waals surface area contributed by atoms with E-state index in [4.69, 9.17) is 5.73 Å². The Hall–Kier alpha value is -1.62. The summed E-state index contributed by atoms with van der Waals surface area (Å²) in [4.78, 5) is 13.5. The molecule has 0 saturated heterocycles. The van der Waals surface area contributed by atoms with Crippen LogP contribution in [0.2, 0.25) is 0 Å². The Balaban J connectivity index is 2.23. The summed E-state index contributed by atoms with van der Waals surface area (Å²) in [6.45, 7) is 3.25. The first kappa shape index (κ1) is 9.92. The van der Waals surface area contributed by atoms with Gasteiger partial charge in [0.25, 0.3) is 5.91 Å². The fraction of sp³-hybridized carbons (Fsp3) is 0.400. The van der Waals surface area contributed by atoms with Crippen LogP contribution in [0.15, 0.2) is 29.0 Å². The van der Waals surface area contributed by atoms with Gasteiger partial charge in [0.1, 0.15) is 6.54 Å². The molecule has 2 N–H and O–H groups in total. The van der Waals surface area contributed by atoms with Gasteiger partial charge in [0.2, 0.25) is 0 Å². The number of allylic oxidation sites excluding steroid dienone is 2. The second-order valence-electron chi connectivity index (χ2n) is 3.60. The van der Waals surface area contributed by atoms with Gasteiger partial charge in [-0.2, -0.15) is 5.10 Å². The lowest BCUT2D eigenvalue weighted by molar-refractivity contribution is -0.132. The number of amidine groups is 1. The molecule has 0 fully saturated rings. The molecule has 0 spiro atoms. The average Bonchev–Trinajstić information content (AvgIpc) is 2.20. The Morgan fingerprint density at radius 2 is 2.33 bits per heavy atom. The molecule has 0 saturated carbocycles. The largest absolute Gasteiger partial charge is 0.329 e. The predicted octanol–water partition coefficient (Wildman–Crippen LogP) is -0.124. The van der Waals surface area contributed by atoms with Crippen molar-refractivity contribution in [2.75, 3.05) is 19.6 Å². The third kappa shape index (κ3) is 1.92. The number of hydrogen-bond acceptors (Lipinski definition) is 4. The van der Waals surface area contributed by atoms with Crippen molar-refractivity contribution < 1.29 is 4.79 Å². The minimum Gasteiger partial charge on any atom is -0.329 e. The molecule has 5 nitrogen and oxygen atoms in total. The van der Waals surface area contributed by atoms with E-state index in [1.807, 2.05) is 30.2 Å². The lowest BCUT2D eigenvalue weighted by Crippen LogP contribution is -2.46. The maximum atomic E-state index is 11.6. The van der Waals surface area contributed by atoms with Gasteiger partial charge < -0.3 is 10.6 Å². The van der Waals surface area contributed by atoms with Crippen LogP contribution in [-0.2, 0) is 4.79 Å². The zero-order chi connectivity index (χ0) is 10.8. The number of hydrazone groups is 1. The number of carbonyl (C=O) groups excluding carboxylic acids is 1. The highest BCUT2D eigenvalue weighted by Crippen LogP contribution is 2.14. The van der Waals surface area contributed by atoms with Gasteiger partial charge in [-0.3, -0.25) is 4.79 Å². The Labute approximate surface area is 88.5 Å². The van der Waals surface area contributed by atoms with Crippen LogP contribution in [0.3, 0.4) is 0 Å². The average molecular weight is 206 g/mol. The van der Waals surface area contributed by atoms with Crippen molar-refractivity contribution in [1.29, 1.82) is 0 Å². The van der Waals surface area contributed by atoms with E-state index in [1.54, 1.807) is 0 Å². The van der Waals surface area contributed by atoms with E-state index in [9.17, 15) is 4.79 Å². The summed E-state index contributed by atoms with van der Waals surface area (Å²) < 4.78 is 0. The van der Waals surface area contributed by atoms with Crippen LogP contribution < -0.4 is 5.73 Å². The van der Waals surface area contributed by atoms with Crippen LogP contribution in [0.4, 0.5) is 0 Å². The Kier molecular flexibility index (Phi) is 2.55. The fourth-order valence-electron chi connectivity index (χ4n) is 1.58. The van der Waals surface area contributed by atoms with Crippen LogP contribution >= 0.6 is 0 Å². The van der Waals surface area contributed by atoms with Gasteiger partial charge in [0.15, 0.2) is 5.84 Å². The first-order chi connectivity index (χ1) is 7.20. The molecule has 0 aromatic heterocycles. The minimum atomic E-state index is -0.0106. The number of nitrogens with two attached hydrogens (primary N) is 1. The smallest absolute Gasteiger partial charge is 0.262 e. The normalized spacial score (nSPS) is 20.0. The van der Waals surface area contributed by atoms with Gasteiger partial charge in [-0.25, -0.2) is 5.01 Å². The van der Waals surface area contributed by atoms with Crippen LogP contribution in [0.5, 0.6) is 0 Å². The Morgan fingerprint density at radius 3 is 3.07 bits per heavy atom. The summed E-state index contributed by atoms with van der Waals surface area (Å²) in [6, 6.07) is 0. The third-order valence-corrected chi connectivity index (χ3v) is 2.31. The van der Waals surface area contributed by atoms with Crippen LogP contribution in [-0.4, -0.2) is 41.3 Å². The number of fused-ring (bicyclic) bond motifs is 1. The van der Waals surface area contributed by atoms with E-state index < -0.39 is 0 Å². The third-order valence-electron chi connectivity index (χ3n) is 2.31. The van der Waals surface area contributed by atoms with E-state index in [1.165, 1.54) is 5.01 Å². The van der Waals surface area contributed by atoms with E-state index in [2.05, 4.69) is 5.10 Å². The quantitative estimate of drug-likeness (QED) is 0.685. The molecule has 2 aliphatic heterocycles. The maximum Gasteiger partial charge on any atom is 0.262 e. The highest BCUT2D eigenvalue weighted by Gasteiger charge is 2.24. The Bertz CT molecular complexity index is 370. The van der Waals surface area contributed by atoms with Crippen molar-refractivity contribution in [3.8, 4) is 0 Å². The lowest BCUT2D eigenvalue weighted by atomic mass is 10.2. The number of nitrogens with zero attached hydrogens (tertiary/aromatic N) is 3. The first-order valence-electron chi connectivity index (χ1n) is 4.93. The number of carbonyl (C=O) groups is 1. The highest BCUT2D eigenvalue weighted by molar-refractivity contribution is 6.00. The van der Waals surface area contributed by atoms with Gasteiger partial charge >= 0.3 is 0 Å². The topological polar surface area (TPSA) is 61.9 Å². The zero-order valence-electron chi connectivity index (χ0n) is 8.68. The molecule has 15 heavy (non-hydrogen) atoms. The van der Waals surface area contributed by atoms with Gasteiger partial charge in [0, 0.05) is 12.7 Å². The van der Waals surface area contributed by atoms with Gasteiger partial charge in [-0.1, -0.05) is 6.08 Å². The van der Waals surface area contributed by atoms with Crippen molar-refractivity contribution in [3.63, 3.8) is 0 Å². The van der Waals surface area contributed by atoms with E-state index >= 15 is 0 Å². The highest BCUT2D eigenvalue weighted by atomic mass is 16.2. The summed E-state index contributed by atoms with van der Waals surface area (Å²) in [5, 5.41) is 5.66. The Morgan fingerprint density at radius 1 is 1.53 bits per heavy atom. The van der Waals surface area contributed by atoms with Crippen molar-refractivity contribution in [1.82, 2.24) is 9.91 Å². The molecule has 0 atom stereocenters. The first-order valence-corrected chi connectivity index (χ1v) is 4.93. The van der Waals surface area contributed by atoms with E-state index in [0.29, 0.717) is 19.6 Å². The van der Waals surface area contributed by atoms with Gasteiger partial charge in [-0.05, 0) is 18.6 Å². The molecule has 2 heterocycles. The number of hydrogen-bond donors (Lipinski definition) is 1. The van der Waals surface area contributed by atoms with Crippen LogP contribution in [0.25, 0.3) is 0 Å². The van der Waals surface area contributed by atoms with Gasteiger partial charge in [0.05, 0.1) is 6.54 Å². The summed E-state index contributed by atoms with van der Waals surface area (Å²) >= 11 is 0. The van der Waals surface area contributed by atoms with Crippen molar-refractivity contribution in [2.24, 2.45) is 10.8 Å². The molecule has 0 aromatic carbocycles. The second kappa shape index (κ2) is 3.86. The molecule has 0 radical (unpaired) electrons. The van der Waals surface area contributed by atoms with Gasteiger partial charge in [-0.15, -0.1) is 0 Å². The van der Waals surface area contributed by atoms with Crippen molar-refractivity contribution >= 4 is 11.7 Å². The predicted molar refractivity (Wildman–Crippen MR) is 57.8 cm³/mol. The molecule has 0 bridgehead atoms. The maximum absolute atomic E-state index is 11.6. The summed E-state index contributed by atoms with van der Waals surface area (Å²) in [6.07, 6.45) is 5.81. The molecule has 0 aromatic rings. The molecule has 2 aliphatic rings. The van der Waals surface area contributed by atoms with E-state index in [-0.39, 0.29) is 5.91 Å². The molecule has 0 aliphatic carbocycles. The number of rotatable bonds is 2. The molecule has 0 unspecified atom stereocenters. The standard InChI is InChI=1S/C10H14N4O/c1-8-2-3-9-12-14(5-4-11)10(15)7-13(9)6-8/h2-3,6H,4-5,7,11H2,1H3. The molecule has 80 valence electrons. The molecule has 5 heteroatoms. The molecular formula is C10H14N4O. The van der Waals surface area contributed by atoms with Crippen LogP contribution in [0, 0.1) is 0 Å². The van der Waals surface area contributed by atoms with Crippen molar-refractivity contribution in [2.45, 2.75) is 6.92 Å². The lowest BCUT2D eigenvalue weighted by Gasteiger charge is -2.31. The monoisotopic (exact) mass is 206 g/mol. The fourth-order valence-corrected chi connectivity index (χ4v) is 1.58. The van der Waals surface area contributed by atoms with Crippen LogP contribution in [0.1, 0.15) is 6.92 Å². The molecular weight excluding hydrogens is 192 g/mol. The van der Waals surface area contributed by atoms with Crippen molar-refractivity contribution in [3.05, 3.63) is 23.9 Å². The molecule has 2 rings (SSSR count). The molecule has 1 amide bonds. The zero-order valence-corrected chi connectivity index (χ0v) is 8.68. The summed E-state index contributed by atoms with van der Waals surface area (Å²) in [7, 11) is 0. The number of amides is 1. The summed E-state index contributed by atoms with van der Waals surface area (Å²) in [5.74, 6) is 0.789. The second-order valence-corrected chi connectivity index (χ2v) is 3.60. The SMILES string of the molecule is CC1=CN2CC(=O)N(CCN)N=C2C=C1.